The largest absolute Gasteiger partial charge is 0.493 e. The van der Waals surface area contributed by atoms with Gasteiger partial charge in [0.15, 0.2) is 0 Å². The maximum Gasteiger partial charge on any atom is 0.127 e. The SMILES string of the molecule is Fc1ccc(Br)cc1CNCc1ccc2c(c1)CCO2. The lowest BCUT2D eigenvalue weighted by Crippen LogP contribution is -2.13. The molecule has 0 aliphatic carbocycles. The third-order valence-corrected chi connectivity index (χ3v) is 3.90. The Hall–Kier alpha value is -1.39. The fraction of sp³-hybridized carbons (Fsp3) is 0.250. The molecule has 2 aromatic carbocycles. The van der Waals surface area contributed by atoms with E-state index in [1.54, 1.807) is 12.1 Å². The highest BCUT2D eigenvalue weighted by Gasteiger charge is 2.11. The molecule has 0 fully saturated rings. The minimum absolute atomic E-state index is 0.178. The fourth-order valence-electron chi connectivity index (χ4n) is 2.37. The summed E-state index contributed by atoms with van der Waals surface area (Å²) in [7, 11) is 0. The van der Waals surface area contributed by atoms with Gasteiger partial charge in [0, 0.05) is 29.5 Å². The van der Waals surface area contributed by atoms with Crippen molar-refractivity contribution < 1.29 is 9.13 Å². The van der Waals surface area contributed by atoms with E-state index in [9.17, 15) is 4.39 Å². The van der Waals surface area contributed by atoms with Gasteiger partial charge in [0.25, 0.3) is 0 Å². The van der Waals surface area contributed by atoms with Crippen molar-refractivity contribution in [2.45, 2.75) is 19.5 Å². The minimum Gasteiger partial charge on any atom is -0.493 e. The summed E-state index contributed by atoms with van der Waals surface area (Å²) in [5, 5.41) is 3.28. The smallest absolute Gasteiger partial charge is 0.127 e. The van der Waals surface area contributed by atoms with Crippen LogP contribution < -0.4 is 10.1 Å². The molecule has 1 heterocycles. The first-order valence-corrected chi connectivity index (χ1v) is 7.41. The van der Waals surface area contributed by atoms with Crippen molar-refractivity contribution in [2.24, 2.45) is 0 Å². The molecule has 0 bridgehead atoms. The van der Waals surface area contributed by atoms with Gasteiger partial charge in [0.1, 0.15) is 11.6 Å². The molecule has 20 heavy (non-hydrogen) atoms. The molecule has 0 unspecified atom stereocenters. The van der Waals surface area contributed by atoms with Crippen molar-refractivity contribution in [2.75, 3.05) is 6.61 Å². The highest BCUT2D eigenvalue weighted by molar-refractivity contribution is 9.10. The highest BCUT2D eigenvalue weighted by Crippen LogP contribution is 2.25. The number of hydrogen-bond donors (Lipinski definition) is 1. The van der Waals surface area contributed by atoms with Crippen molar-refractivity contribution in [1.29, 1.82) is 0 Å². The predicted molar refractivity (Wildman–Crippen MR) is 80.3 cm³/mol. The van der Waals surface area contributed by atoms with E-state index in [4.69, 9.17) is 4.74 Å². The van der Waals surface area contributed by atoms with Crippen molar-refractivity contribution in [3.05, 3.63) is 63.4 Å². The Labute approximate surface area is 126 Å². The number of halogens is 2. The molecule has 2 nitrogen and oxygen atoms in total. The first-order chi connectivity index (χ1) is 9.72. The Morgan fingerprint density at radius 1 is 1.15 bits per heavy atom. The van der Waals surface area contributed by atoms with E-state index in [-0.39, 0.29) is 5.82 Å². The predicted octanol–water partition coefficient (Wildman–Crippen LogP) is 3.81. The van der Waals surface area contributed by atoms with Crippen molar-refractivity contribution in [1.82, 2.24) is 5.32 Å². The number of benzene rings is 2. The third kappa shape index (κ3) is 3.02. The summed E-state index contributed by atoms with van der Waals surface area (Å²) in [6, 6.07) is 11.2. The van der Waals surface area contributed by atoms with Gasteiger partial charge >= 0.3 is 0 Å². The molecule has 0 saturated heterocycles. The van der Waals surface area contributed by atoms with Gasteiger partial charge in [-0.2, -0.15) is 0 Å². The lowest BCUT2D eigenvalue weighted by Gasteiger charge is -2.08. The number of fused-ring (bicyclic) bond motifs is 1. The van der Waals surface area contributed by atoms with E-state index in [1.165, 1.54) is 17.2 Å². The number of rotatable bonds is 4. The molecule has 0 atom stereocenters. The second-order valence-electron chi connectivity index (χ2n) is 4.88. The molecule has 1 N–H and O–H groups in total. The van der Waals surface area contributed by atoms with Gasteiger partial charge in [-0.15, -0.1) is 0 Å². The number of ether oxygens (including phenoxy) is 1. The molecular weight excluding hydrogens is 321 g/mol. The van der Waals surface area contributed by atoms with E-state index in [0.717, 1.165) is 29.8 Å². The van der Waals surface area contributed by atoms with Gasteiger partial charge in [-0.05, 0) is 35.4 Å². The van der Waals surface area contributed by atoms with Gasteiger partial charge < -0.3 is 10.1 Å². The zero-order chi connectivity index (χ0) is 13.9. The summed E-state index contributed by atoms with van der Waals surface area (Å²) < 4.78 is 20.0. The lowest BCUT2D eigenvalue weighted by molar-refractivity contribution is 0.357. The summed E-state index contributed by atoms with van der Waals surface area (Å²) in [6.07, 6.45) is 0.976. The van der Waals surface area contributed by atoms with E-state index in [2.05, 4.69) is 33.4 Å². The van der Waals surface area contributed by atoms with Crippen LogP contribution in [0, 0.1) is 5.82 Å². The zero-order valence-electron chi connectivity index (χ0n) is 11.0. The second-order valence-corrected chi connectivity index (χ2v) is 5.80. The second kappa shape index (κ2) is 5.94. The van der Waals surface area contributed by atoms with E-state index < -0.39 is 0 Å². The van der Waals surface area contributed by atoms with Crippen LogP contribution in [0.2, 0.25) is 0 Å². The molecule has 2 aromatic rings. The van der Waals surface area contributed by atoms with E-state index in [0.29, 0.717) is 12.1 Å². The highest BCUT2D eigenvalue weighted by atomic mass is 79.9. The maximum atomic E-state index is 13.6. The quantitative estimate of drug-likeness (QED) is 0.917. The van der Waals surface area contributed by atoms with Gasteiger partial charge in [-0.25, -0.2) is 4.39 Å². The van der Waals surface area contributed by atoms with E-state index >= 15 is 0 Å². The van der Waals surface area contributed by atoms with Crippen molar-refractivity contribution >= 4 is 15.9 Å². The summed E-state index contributed by atoms with van der Waals surface area (Å²) in [5.41, 5.74) is 3.13. The molecule has 3 rings (SSSR count). The fourth-order valence-corrected chi connectivity index (χ4v) is 2.78. The van der Waals surface area contributed by atoms with Crippen LogP contribution in [-0.4, -0.2) is 6.61 Å². The Kier molecular flexibility index (Phi) is 4.03. The first kappa shape index (κ1) is 13.6. The van der Waals surface area contributed by atoms with Crippen LogP contribution in [0.4, 0.5) is 4.39 Å². The summed E-state index contributed by atoms with van der Waals surface area (Å²) in [5.74, 6) is 0.815. The third-order valence-electron chi connectivity index (χ3n) is 3.41. The average molecular weight is 336 g/mol. The molecule has 0 amide bonds. The molecule has 104 valence electrons. The molecule has 0 radical (unpaired) electrons. The van der Waals surface area contributed by atoms with Crippen LogP contribution in [0.15, 0.2) is 40.9 Å². The Balaban J connectivity index is 1.61. The van der Waals surface area contributed by atoms with Crippen molar-refractivity contribution in [3.63, 3.8) is 0 Å². The van der Waals surface area contributed by atoms with E-state index in [1.807, 2.05) is 6.07 Å². The molecule has 1 aliphatic heterocycles. The summed E-state index contributed by atoms with van der Waals surface area (Å²) in [6.45, 7) is 2.01. The lowest BCUT2D eigenvalue weighted by atomic mass is 10.1. The van der Waals surface area contributed by atoms with Gasteiger partial charge in [0.2, 0.25) is 0 Å². The van der Waals surface area contributed by atoms with Crippen LogP contribution in [0.3, 0.4) is 0 Å². The first-order valence-electron chi connectivity index (χ1n) is 6.61. The zero-order valence-corrected chi connectivity index (χ0v) is 12.5. The maximum absolute atomic E-state index is 13.6. The standard InChI is InChI=1S/C16H15BrFNO/c17-14-2-3-15(18)13(8-14)10-19-9-11-1-4-16-12(7-11)5-6-20-16/h1-4,7-8,19H,5-6,9-10H2. The minimum atomic E-state index is -0.178. The van der Waals surface area contributed by atoms with Crippen LogP contribution in [-0.2, 0) is 19.5 Å². The van der Waals surface area contributed by atoms with Crippen LogP contribution in [0.25, 0.3) is 0 Å². The normalized spacial score (nSPS) is 13.1. The molecule has 0 spiro atoms. The van der Waals surface area contributed by atoms with Gasteiger partial charge in [0.05, 0.1) is 6.61 Å². The molecule has 0 aromatic heterocycles. The Bertz CT molecular complexity index is 630. The molecule has 1 aliphatic rings. The number of nitrogens with one attached hydrogen (secondary N) is 1. The summed E-state index contributed by atoms with van der Waals surface area (Å²) >= 11 is 3.36. The van der Waals surface area contributed by atoms with Gasteiger partial charge in [-0.1, -0.05) is 28.1 Å². The van der Waals surface area contributed by atoms with Gasteiger partial charge in [-0.3, -0.25) is 0 Å². The topological polar surface area (TPSA) is 21.3 Å². The number of hydrogen-bond acceptors (Lipinski definition) is 2. The molecule has 4 heteroatoms. The Morgan fingerprint density at radius 2 is 2.05 bits per heavy atom. The molecule has 0 saturated carbocycles. The summed E-state index contributed by atoms with van der Waals surface area (Å²) in [4.78, 5) is 0. The monoisotopic (exact) mass is 335 g/mol. The molecular formula is C16H15BrFNO. The van der Waals surface area contributed by atoms with Crippen molar-refractivity contribution in [3.8, 4) is 5.75 Å². The van der Waals surface area contributed by atoms with Crippen LogP contribution >= 0.6 is 15.9 Å². The van der Waals surface area contributed by atoms with Crippen LogP contribution in [0.5, 0.6) is 5.75 Å². The van der Waals surface area contributed by atoms with Crippen LogP contribution in [0.1, 0.15) is 16.7 Å². The Morgan fingerprint density at radius 3 is 2.95 bits per heavy atom. The average Bonchev–Trinajstić information content (AvgIpc) is 2.90.